The number of guanidine groups is 1. The minimum Gasteiger partial charge on any atom is -0.370 e. The van der Waals surface area contributed by atoms with Crippen molar-refractivity contribution in [3.05, 3.63) is 35.1 Å². The third-order valence-corrected chi connectivity index (χ3v) is 2.63. The number of nitrogens with one attached hydrogen (secondary N) is 1. The number of halogens is 5. The standard InChI is InChI=1S/C13H17F4N3.HI/c1-2-3-6-19-12(18)20-8-9-4-5-10(14)7-11(9)13(15,16)17;/h4-5,7H,2-3,6,8H2,1H3,(H3,18,19,20);1H. The highest BCUT2D eigenvalue weighted by Crippen LogP contribution is 2.32. The molecule has 1 aromatic rings. The molecule has 8 heteroatoms. The Kier molecular flexibility index (Phi) is 8.60. The zero-order valence-corrected chi connectivity index (χ0v) is 13.8. The Balaban J connectivity index is 0.00000400. The van der Waals surface area contributed by atoms with Crippen molar-refractivity contribution in [2.45, 2.75) is 32.5 Å². The van der Waals surface area contributed by atoms with Crippen LogP contribution in [0.25, 0.3) is 0 Å². The Morgan fingerprint density at radius 1 is 1.33 bits per heavy atom. The average Bonchev–Trinajstić information content (AvgIpc) is 2.36. The first-order chi connectivity index (χ1) is 9.34. The summed E-state index contributed by atoms with van der Waals surface area (Å²) < 4.78 is 51.1. The highest BCUT2D eigenvalue weighted by molar-refractivity contribution is 14.0. The summed E-state index contributed by atoms with van der Waals surface area (Å²) in [4.78, 5) is 3.83. The third kappa shape index (κ3) is 6.96. The lowest BCUT2D eigenvalue weighted by atomic mass is 10.1. The van der Waals surface area contributed by atoms with E-state index in [2.05, 4.69) is 10.3 Å². The molecule has 0 saturated heterocycles. The lowest BCUT2D eigenvalue weighted by Crippen LogP contribution is -2.32. The number of nitrogens with zero attached hydrogens (tertiary/aromatic N) is 1. The SMILES string of the molecule is CCCCNC(N)=NCc1ccc(F)cc1C(F)(F)F.I. The molecule has 0 saturated carbocycles. The van der Waals surface area contributed by atoms with Gasteiger partial charge in [0.15, 0.2) is 5.96 Å². The van der Waals surface area contributed by atoms with Gasteiger partial charge in [-0.3, -0.25) is 0 Å². The first-order valence-electron chi connectivity index (χ1n) is 6.24. The summed E-state index contributed by atoms with van der Waals surface area (Å²) in [5.41, 5.74) is 4.40. The Morgan fingerprint density at radius 2 is 2.00 bits per heavy atom. The fourth-order valence-electron chi connectivity index (χ4n) is 1.57. The van der Waals surface area contributed by atoms with Crippen molar-refractivity contribution in [2.24, 2.45) is 10.7 Å². The second-order valence-electron chi connectivity index (χ2n) is 4.28. The summed E-state index contributed by atoms with van der Waals surface area (Å²) in [5.74, 6) is -0.852. The zero-order chi connectivity index (χ0) is 15.2. The maximum atomic E-state index is 12.9. The van der Waals surface area contributed by atoms with E-state index in [1.165, 1.54) is 0 Å². The van der Waals surface area contributed by atoms with E-state index in [9.17, 15) is 17.6 Å². The maximum Gasteiger partial charge on any atom is 0.416 e. The molecule has 0 aliphatic heterocycles. The highest BCUT2D eigenvalue weighted by atomic mass is 127. The molecule has 0 aliphatic carbocycles. The van der Waals surface area contributed by atoms with Gasteiger partial charge in [-0.05, 0) is 24.1 Å². The molecule has 0 aromatic heterocycles. The van der Waals surface area contributed by atoms with Crippen molar-refractivity contribution in [3.8, 4) is 0 Å². The quantitative estimate of drug-likeness (QED) is 0.252. The largest absolute Gasteiger partial charge is 0.416 e. The molecule has 0 atom stereocenters. The molecule has 0 radical (unpaired) electrons. The molecule has 3 N–H and O–H groups in total. The number of alkyl halides is 3. The molecule has 0 unspecified atom stereocenters. The number of unbranched alkanes of at least 4 members (excludes halogenated alkanes) is 1. The number of hydrogen-bond acceptors (Lipinski definition) is 1. The minimum atomic E-state index is -4.61. The van der Waals surface area contributed by atoms with Gasteiger partial charge in [0.25, 0.3) is 0 Å². The van der Waals surface area contributed by atoms with Crippen molar-refractivity contribution in [2.75, 3.05) is 6.54 Å². The van der Waals surface area contributed by atoms with Gasteiger partial charge in [-0.15, -0.1) is 24.0 Å². The van der Waals surface area contributed by atoms with E-state index in [1.807, 2.05) is 6.92 Å². The molecule has 3 nitrogen and oxygen atoms in total. The molecular formula is C13H18F4IN3. The molecule has 120 valence electrons. The molecule has 21 heavy (non-hydrogen) atoms. The number of rotatable bonds is 5. The van der Waals surface area contributed by atoms with Crippen molar-refractivity contribution in [3.63, 3.8) is 0 Å². The van der Waals surface area contributed by atoms with Crippen LogP contribution in [0.15, 0.2) is 23.2 Å². The van der Waals surface area contributed by atoms with Gasteiger partial charge in [-0.2, -0.15) is 13.2 Å². The van der Waals surface area contributed by atoms with E-state index >= 15 is 0 Å². The molecule has 0 bridgehead atoms. The Hall–Kier alpha value is -1.06. The first-order valence-corrected chi connectivity index (χ1v) is 6.24. The maximum absolute atomic E-state index is 12.9. The second kappa shape index (κ2) is 9.06. The second-order valence-corrected chi connectivity index (χ2v) is 4.28. The van der Waals surface area contributed by atoms with Crippen LogP contribution >= 0.6 is 24.0 Å². The fourth-order valence-corrected chi connectivity index (χ4v) is 1.57. The summed E-state index contributed by atoms with van der Waals surface area (Å²) in [5, 5.41) is 2.80. The van der Waals surface area contributed by atoms with Crippen molar-refractivity contribution < 1.29 is 17.6 Å². The van der Waals surface area contributed by atoms with Crippen LogP contribution in [-0.2, 0) is 12.7 Å². The van der Waals surface area contributed by atoms with Gasteiger partial charge in [-0.1, -0.05) is 19.4 Å². The monoisotopic (exact) mass is 419 g/mol. The summed E-state index contributed by atoms with van der Waals surface area (Å²) >= 11 is 0. The smallest absolute Gasteiger partial charge is 0.370 e. The van der Waals surface area contributed by atoms with Gasteiger partial charge in [0.2, 0.25) is 0 Å². The van der Waals surface area contributed by atoms with E-state index in [0.29, 0.717) is 12.6 Å². The van der Waals surface area contributed by atoms with Gasteiger partial charge >= 0.3 is 6.18 Å². The number of hydrogen-bond donors (Lipinski definition) is 2. The van der Waals surface area contributed by atoms with E-state index in [-0.39, 0.29) is 42.0 Å². The molecule has 0 aliphatic rings. The predicted octanol–water partition coefficient (Wildman–Crippen LogP) is 3.67. The van der Waals surface area contributed by atoms with Crippen molar-refractivity contribution >= 4 is 29.9 Å². The van der Waals surface area contributed by atoms with E-state index in [1.54, 1.807) is 0 Å². The molecule has 1 aromatic carbocycles. The summed E-state index contributed by atoms with van der Waals surface area (Å²) in [7, 11) is 0. The number of benzene rings is 1. The summed E-state index contributed by atoms with van der Waals surface area (Å²) in [6, 6.07) is 2.51. The van der Waals surface area contributed by atoms with Crippen LogP contribution in [0.2, 0.25) is 0 Å². The fraction of sp³-hybridized carbons (Fsp3) is 0.462. The Morgan fingerprint density at radius 3 is 2.57 bits per heavy atom. The normalized spacial score (nSPS) is 12.0. The highest BCUT2D eigenvalue weighted by Gasteiger charge is 2.33. The topological polar surface area (TPSA) is 50.4 Å². The van der Waals surface area contributed by atoms with E-state index in [4.69, 9.17) is 5.73 Å². The van der Waals surface area contributed by atoms with Gasteiger partial charge in [-0.25, -0.2) is 9.38 Å². The predicted molar refractivity (Wildman–Crippen MR) is 85.1 cm³/mol. The Bertz CT molecular complexity index is 475. The molecule has 0 heterocycles. The summed E-state index contributed by atoms with van der Waals surface area (Å²) in [6.07, 6.45) is -2.76. The van der Waals surface area contributed by atoms with Gasteiger partial charge in [0.05, 0.1) is 12.1 Å². The van der Waals surface area contributed by atoms with Gasteiger partial charge in [0, 0.05) is 6.54 Å². The van der Waals surface area contributed by atoms with Crippen LogP contribution in [0.5, 0.6) is 0 Å². The first kappa shape index (κ1) is 19.9. The van der Waals surface area contributed by atoms with Crippen LogP contribution in [0.3, 0.4) is 0 Å². The van der Waals surface area contributed by atoms with Crippen molar-refractivity contribution in [1.82, 2.24) is 5.32 Å². The van der Waals surface area contributed by atoms with Gasteiger partial charge < -0.3 is 11.1 Å². The summed E-state index contributed by atoms with van der Waals surface area (Å²) in [6.45, 7) is 2.37. The van der Waals surface area contributed by atoms with Crippen LogP contribution in [-0.4, -0.2) is 12.5 Å². The zero-order valence-electron chi connectivity index (χ0n) is 11.5. The average molecular weight is 419 g/mol. The van der Waals surface area contributed by atoms with E-state index < -0.39 is 17.6 Å². The number of aliphatic imine (C=N–C) groups is 1. The van der Waals surface area contributed by atoms with Gasteiger partial charge in [0.1, 0.15) is 5.82 Å². The minimum absolute atomic E-state index is 0. The molecule has 0 fully saturated rings. The van der Waals surface area contributed by atoms with Crippen LogP contribution in [0.4, 0.5) is 17.6 Å². The molecule has 0 spiro atoms. The molecular weight excluding hydrogens is 401 g/mol. The van der Waals surface area contributed by atoms with Crippen molar-refractivity contribution in [1.29, 1.82) is 0 Å². The van der Waals surface area contributed by atoms with Crippen LogP contribution in [0.1, 0.15) is 30.9 Å². The Labute approximate surface area is 138 Å². The molecule has 1 rings (SSSR count). The number of nitrogens with two attached hydrogens (primary N) is 1. The van der Waals surface area contributed by atoms with Crippen LogP contribution < -0.4 is 11.1 Å². The molecule has 0 amide bonds. The lowest BCUT2D eigenvalue weighted by Gasteiger charge is -2.12. The lowest BCUT2D eigenvalue weighted by molar-refractivity contribution is -0.138. The van der Waals surface area contributed by atoms with E-state index in [0.717, 1.165) is 25.0 Å². The van der Waals surface area contributed by atoms with Crippen LogP contribution in [0, 0.1) is 5.82 Å². The third-order valence-electron chi connectivity index (χ3n) is 2.63.